The SMILES string of the molecule is CCSc1ccccc1NC(=O)CN(c1ccccc1OC)S(=O)(=O)c1ccc(OC)cc1. The Morgan fingerprint density at radius 1 is 0.939 bits per heavy atom. The minimum Gasteiger partial charge on any atom is -0.497 e. The van der Waals surface area contributed by atoms with Crippen LogP contribution in [0, 0.1) is 0 Å². The van der Waals surface area contributed by atoms with Gasteiger partial charge < -0.3 is 14.8 Å². The minimum absolute atomic E-state index is 0.0314. The predicted octanol–water partition coefficient (Wildman–Crippen LogP) is 4.65. The topological polar surface area (TPSA) is 84.9 Å². The number of amides is 1. The molecule has 0 fully saturated rings. The summed E-state index contributed by atoms with van der Waals surface area (Å²) in [7, 11) is -1.13. The third-order valence-corrected chi connectivity index (χ3v) is 7.48. The number of para-hydroxylation sites is 3. The summed E-state index contributed by atoms with van der Waals surface area (Å²) < 4.78 is 38.8. The Kier molecular flexibility index (Phi) is 8.24. The number of hydrogen-bond acceptors (Lipinski definition) is 6. The summed E-state index contributed by atoms with van der Waals surface area (Å²) in [5.41, 5.74) is 0.901. The van der Waals surface area contributed by atoms with Crippen molar-refractivity contribution in [2.24, 2.45) is 0 Å². The van der Waals surface area contributed by atoms with Crippen molar-refractivity contribution in [1.29, 1.82) is 0 Å². The molecule has 33 heavy (non-hydrogen) atoms. The number of rotatable bonds is 10. The van der Waals surface area contributed by atoms with Gasteiger partial charge in [0.2, 0.25) is 5.91 Å². The van der Waals surface area contributed by atoms with E-state index in [2.05, 4.69) is 5.32 Å². The normalized spacial score (nSPS) is 11.0. The molecule has 1 N–H and O–H groups in total. The fourth-order valence-electron chi connectivity index (χ4n) is 3.18. The Labute approximate surface area is 198 Å². The molecule has 3 rings (SSSR count). The molecule has 0 unspecified atom stereocenters. The summed E-state index contributed by atoms with van der Waals surface area (Å²) in [6, 6.07) is 20.1. The van der Waals surface area contributed by atoms with Crippen molar-refractivity contribution in [2.45, 2.75) is 16.7 Å². The van der Waals surface area contributed by atoms with Crippen LogP contribution in [0.1, 0.15) is 6.92 Å². The first kappa shape index (κ1) is 24.5. The number of nitrogens with zero attached hydrogens (tertiary/aromatic N) is 1. The first-order valence-electron chi connectivity index (χ1n) is 10.2. The second-order valence-corrected chi connectivity index (χ2v) is 10.0. The standard InChI is InChI=1S/C24H26N2O5S2/c1-4-32-23-12-8-5-9-20(23)25-24(27)17-26(21-10-6-7-11-22(21)31-3)33(28,29)19-15-13-18(30-2)14-16-19/h5-16H,4,17H2,1-3H3,(H,25,27). The number of benzene rings is 3. The van der Waals surface area contributed by atoms with Gasteiger partial charge in [0, 0.05) is 4.90 Å². The van der Waals surface area contributed by atoms with Crippen LogP contribution in [-0.2, 0) is 14.8 Å². The molecule has 0 bridgehead atoms. The van der Waals surface area contributed by atoms with Gasteiger partial charge in [-0.15, -0.1) is 11.8 Å². The molecular weight excluding hydrogens is 460 g/mol. The van der Waals surface area contributed by atoms with Gasteiger partial charge in [-0.05, 0) is 54.3 Å². The molecule has 0 radical (unpaired) electrons. The Balaban J connectivity index is 1.98. The molecule has 0 aliphatic rings. The molecule has 0 saturated heterocycles. The molecule has 0 spiro atoms. The lowest BCUT2D eigenvalue weighted by molar-refractivity contribution is -0.114. The van der Waals surface area contributed by atoms with E-state index in [0.717, 1.165) is 15.0 Å². The number of sulfonamides is 1. The van der Waals surface area contributed by atoms with Gasteiger partial charge in [0.05, 0.1) is 30.5 Å². The van der Waals surface area contributed by atoms with Gasteiger partial charge in [0.1, 0.15) is 18.0 Å². The maximum Gasteiger partial charge on any atom is 0.264 e. The number of ether oxygens (including phenoxy) is 2. The van der Waals surface area contributed by atoms with Crippen LogP contribution in [0.4, 0.5) is 11.4 Å². The number of thioether (sulfide) groups is 1. The summed E-state index contributed by atoms with van der Waals surface area (Å²) >= 11 is 1.59. The van der Waals surface area contributed by atoms with Gasteiger partial charge in [-0.2, -0.15) is 0 Å². The highest BCUT2D eigenvalue weighted by molar-refractivity contribution is 7.99. The van der Waals surface area contributed by atoms with Crippen molar-refractivity contribution in [1.82, 2.24) is 0 Å². The first-order chi connectivity index (χ1) is 15.9. The van der Waals surface area contributed by atoms with Crippen molar-refractivity contribution in [3.63, 3.8) is 0 Å². The van der Waals surface area contributed by atoms with E-state index in [0.29, 0.717) is 17.2 Å². The van der Waals surface area contributed by atoms with E-state index >= 15 is 0 Å². The van der Waals surface area contributed by atoms with E-state index in [1.165, 1.54) is 26.4 Å². The monoisotopic (exact) mass is 486 g/mol. The third-order valence-electron chi connectivity index (χ3n) is 4.75. The smallest absolute Gasteiger partial charge is 0.264 e. The number of methoxy groups -OCH3 is 2. The second kappa shape index (κ2) is 11.1. The van der Waals surface area contributed by atoms with Crippen molar-refractivity contribution in [3.8, 4) is 11.5 Å². The molecule has 0 aliphatic carbocycles. The molecule has 0 saturated carbocycles. The number of carbonyl (C=O) groups is 1. The van der Waals surface area contributed by atoms with Crippen LogP contribution in [0.2, 0.25) is 0 Å². The molecule has 0 atom stereocenters. The molecule has 3 aromatic rings. The number of hydrogen-bond donors (Lipinski definition) is 1. The summed E-state index contributed by atoms with van der Waals surface area (Å²) in [6.07, 6.45) is 0. The predicted molar refractivity (Wildman–Crippen MR) is 132 cm³/mol. The maximum atomic E-state index is 13.6. The Morgan fingerprint density at radius 2 is 1.61 bits per heavy atom. The van der Waals surface area contributed by atoms with E-state index in [1.54, 1.807) is 54.2 Å². The van der Waals surface area contributed by atoms with Crippen LogP contribution in [-0.4, -0.2) is 40.8 Å². The summed E-state index contributed by atoms with van der Waals surface area (Å²) in [6.45, 7) is 1.59. The zero-order valence-corrected chi connectivity index (χ0v) is 20.3. The number of nitrogens with one attached hydrogen (secondary N) is 1. The van der Waals surface area contributed by atoms with Crippen molar-refractivity contribution >= 4 is 39.1 Å². The van der Waals surface area contributed by atoms with Crippen molar-refractivity contribution < 1.29 is 22.7 Å². The summed E-state index contributed by atoms with van der Waals surface area (Å²) in [5.74, 6) is 1.23. The van der Waals surface area contributed by atoms with Crippen LogP contribution >= 0.6 is 11.8 Å². The lowest BCUT2D eigenvalue weighted by Gasteiger charge is -2.26. The van der Waals surface area contributed by atoms with Crippen LogP contribution < -0.4 is 19.1 Å². The second-order valence-electron chi connectivity index (χ2n) is 6.84. The minimum atomic E-state index is -4.09. The zero-order chi connectivity index (χ0) is 23.8. The Bertz CT molecular complexity index is 1200. The fourth-order valence-corrected chi connectivity index (χ4v) is 5.37. The van der Waals surface area contributed by atoms with Gasteiger partial charge in [-0.1, -0.05) is 31.2 Å². The van der Waals surface area contributed by atoms with E-state index in [9.17, 15) is 13.2 Å². The molecule has 7 nitrogen and oxygen atoms in total. The average molecular weight is 487 g/mol. The van der Waals surface area contributed by atoms with Crippen LogP contribution in [0.15, 0.2) is 82.6 Å². The van der Waals surface area contributed by atoms with Gasteiger partial charge in [0.25, 0.3) is 10.0 Å². The highest BCUT2D eigenvalue weighted by Crippen LogP contribution is 2.33. The van der Waals surface area contributed by atoms with Gasteiger partial charge in [-0.3, -0.25) is 9.10 Å². The fraction of sp³-hybridized carbons (Fsp3) is 0.208. The number of carbonyl (C=O) groups excluding carboxylic acids is 1. The molecule has 3 aromatic carbocycles. The van der Waals surface area contributed by atoms with Crippen LogP contribution in [0.3, 0.4) is 0 Å². The largest absolute Gasteiger partial charge is 0.497 e. The molecular formula is C24H26N2O5S2. The molecule has 1 amide bonds. The average Bonchev–Trinajstić information content (AvgIpc) is 2.84. The lowest BCUT2D eigenvalue weighted by Crippen LogP contribution is -2.38. The molecule has 174 valence electrons. The van der Waals surface area contributed by atoms with Crippen molar-refractivity contribution in [2.75, 3.05) is 36.1 Å². The third kappa shape index (κ3) is 5.80. The Hall–Kier alpha value is -3.17. The molecule has 0 heterocycles. The first-order valence-corrected chi connectivity index (χ1v) is 12.6. The number of anilines is 2. The van der Waals surface area contributed by atoms with Crippen LogP contribution in [0.5, 0.6) is 11.5 Å². The zero-order valence-electron chi connectivity index (χ0n) is 18.6. The quantitative estimate of drug-likeness (QED) is 0.420. The van der Waals surface area contributed by atoms with E-state index in [1.807, 2.05) is 25.1 Å². The van der Waals surface area contributed by atoms with Gasteiger partial charge in [-0.25, -0.2) is 8.42 Å². The molecule has 9 heteroatoms. The lowest BCUT2D eigenvalue weighted by atomic mass is 10.3. The van der Waals surface area contributed by atoms with Gasteiger partial charge in [0.15, 0.2) is 0 Å². The molecule has 0 aromatic heterocycles. The molecule has 0 aliphatic heterocycles. The van der Waals surface area contributed by atoms with Crippen LogP contribution in [0.25, 0.3) is 0 Å². The highest BCUT2D eigenvalue weighted by atomic mass is 32.2. The highest BCUT2D eigenvalue weighted by Gasteiger charge is 2.29. The maximum absolute atomic E-state index is 13.6. The van der Waals surface area contributed by atoms with E-state index < -0.39 is 22.5 Å². The van der Waals surface area contributed by atoms with Crippen molar-refractivity contribution in [3.05, 3.63) is 72.8 Å². The summed E-state index contributed by atoms with van der Waals surface area (Å²) in [5, 5.41) is 2.85. The Morgan fingerprint density at radius 3 is 2.27 bits per heavy atom. The van der Waals surface area contributed by atoms with E-state index in [4.69, 9.17) is 9.47 Å². The van der Waals surface area contributed by atoms with Gasteiger partial charge >= 0.3 is 0 Å². The van der Waals surface area contributed by atoms with E-state index in [-0.39, 0.29) is 10.6 Å². The summed E-state index contributed by atoms with van der Waals surface area (Å²) in [4.78, 5) is 14.0.